The first-order chi connectivity index (χ1) is 7.06. The van der Waals surface area contributed by atoms with E-state index >= 15 is 0 Å². The monoisotopic (exact) mass is 214 g/mol. The Morgan fingerprint density at radius 2 is 2.13 bits per heavy atom. The van der Waals surface area contributed by atoms with Crippen molar-refractivity contribution in [1.82, 2.24) is 0 Å². The third-order valence-corrected chi connectivity index (χ3v) is 1.75. The Balaban J connectivity index is 3.25. The van der Waals surface area contributed by atoms with E-state index in [1.54, 1.807) is 0 Å². The summed E-state index contributed by atoms with van der Waals surface area (Å²) < 4.78 is 28.1. The van der Waals surface area contributed by atoms with Crippen LogP contribution in [-0.4, -0.2) is 18.7 Å². The fourth-order valence-corrected chi connectivity index (χ4v) is 1.22. The third kappa shape index (κ3) is 2.59. The summed E-state index contributed by atoms with van der Waals surface area (Å²) in [6.07, 6.45) is 0.426. The normalized spacial score (nSPS) is 10.1. The summed E-state index contributed by atoms with van der Waals surface area (Å²) in [5.41, 5.74) is -0.0755. The highest BCUT2D eigenvalue weighted by molar-refractivity contribution is 6.03. The van der Waals surface area contributed by atoms with Gasteiger partial charge in [-0.1, -0.05) is 12.1 Å². The maximum absolute atomic E-state index is 12.0. The number of ketones is 1. The molecule has 0 aliphatic carbocycles. The summed E-state index contributed by atoms with van der Waals surface area (Å²) in [4.78, 5) is 21.7. The molecular formula is C10H8F2O3. The standard InChI is InChI=1S/C10H8F2O3/c1-6(14)9-7(5-13)3-2-4-8(9)15-10(11)12/h2-5,10H,1H3. The lowest BCUT2D eigenvalue weighted by Crippen LogP contribution is -2.08. The summed E-state index contributed by atoms with van der Waals surface area (Å²) >= 11 is 0. The zero-order chi connectivity index (χ0) is 11.4. The van der Waals surface area contributed by atoms with Crippen molar-refractivity contribution in [2.75, 3.05) is 0 Å². The van der Waals surface area contributed by atoms with E-state index < -0.39 is 12.4 Å². The highest BCUT2D eigenvalue weighted by Gasteiger charge is 2.16. The van der Waals surface area contributed by atoms with E-state index in [1.165, 1.54) is 25.1 Å². The minimum absolute atomic E-state index is 0.0423. The number of rotatable bonds is 4. The van der Waals surface area contributed by atoms with Crippen molar-refractivity contribution in [3.63, 3.8) is 0 Å². The van der Waals surface area contributed by atoms with Crippen LogP contribution in [-0.2, 0) is 0 Å². The number of benzene rings is 1. The van der Waals surface area contributed by atoms with Crippen LogP contribution in [0.4, 0.5) is 8.78 Å². The molecule has 80 valence electrons. The van der Waals surface area contributed by atoms with E-state index in [2.05, 4.69) is 4.74 Å². The van der Waals surface area contributed by atoms with Gasteiger partial charge in [-0.2, -0.15) is 8.78 Å². The van der Waals surface area contributed by atoms with Crippen molar-refractivity contribution in [3.8, 4) is 5.75 Å². The molecule has 1 rings (SSSR count). The van der Waals surface area contributed by atoms with Crippen LogP contribution in [0.15, 0.2) is 18.2 Å². The van der Waals surface area contributed by atoms with Crippen LogP contribution >= 0.6 is 0 Å². The first kappa shape index (κ1) is 11.3. The fraction of sp³-hybridized carbons (Fsp3) is 0.200. The summed E-state index contributed by atoms with van der Waals surface area (Å²) in [7, 11) is 0. The Labute approximate surface area is 84.7 Å². The van der Waals surface area contributed by atoms with Crippen molar-refractivity contribution in [1.29, 1.82) is 0 Å². The molecule has 0 saturated heterocycles. The summed E-state index contributed by atoms with van der Waals surface area (Å²) in [6, 6.07) is 3.95. The highest BCUT2D eigenvalue weighted by atomic mass is 19.3. The number of hydrogen-bond donors (Lipinski definition) is 0. The maximum Gasteiger partial charge on any atom is 0.387 e. The lowest BCUT2D eigenvalue weighted by molar-refractivity contribution is -0.0501. The van der Waals surface area contributed by atoms with Crippen LogP contribution < -0.4 is 4.74 Å². The van der Waals surface area contributed by atoms with Gasteiger partial charge in [0.25, 0.3) is 0 Å². The molecule has 3 nitrogen and oxygen atoms in total. The van der Waals surface area contributed by atoms with Gasteiger partial charge in [0.2, 0.25) is 0 Å². The lowest BCUT2D eigenvalue weighted by Gasteiger charge is -2.09. The first-order valence-electron chi connectivity index (χ1n) is 4.10. The van der Waals surface area contributed by atoms with E-state index in [0.29, 0.717) is 6.29 Å². The topological polar surface area (TPSA) is 43.4 Å². The van der Waals surface area contributed by atoms with Gasteiger partial charge in [0, 0.05) is 5.56 Å². The fourth-order valence-electron chi connectivity index (χ4n) is 1.22. The number of alkyl halides is 2. The Hall–Kier alpha value is -1.78. The number of ether oxygens (including phenoxy) is 1. The van der Waals surface area contributed by atoms with E-state index in [1.807, 2.05) is 0 Å². The quantitative estimate of drug-likeness (QED) is 0.570. The van der Waals surface area contributed by atoms with E-state index in [9.17, 15) is 18.4 Å². The number of carbonyl (C=O) groups excluding carboxylic acids is 2. The van der Waals surface area contributed by atoms with Gasteiger partial charge in [0.1, 0.15) is 5.75 Å². The van der Waals surface area contributed by atoms with Crippen LogP contribution in [0.2, 0.25) is 0 Å². The number of halogens is 2. The Bertz CT molecular complexity index is 388. The average molecular weight is 214 g/mol. The molecule has 0 heterocycles. The van der Waals surface area contributed by atoms with Gasteiger partial charge >= 0.3 is 6.61 Å². The van der Waals surface area contributed by atoms with Gasteiger partial charge in [0.05, 0.1) is 5.56 Å². The predicted octanol–water partition coefficient (Wildman–Crippen LogP) is 2.30. The molecule has 0 aliphatic rings. The number of hydrogen-bond acceptors (Lipinski definition) is 3. The zero-order valence-electron chi connectivity index (χ0n) is 7.87. The molecule has 0 amide bonds. The molecule has 0 N–H and O–H groups in total. The van der Waals surface area contributed by atoms with Crippen LogP contribution in [0.25, 0.3) is 0 Å². The van der Waals surface area contributed by atoms with Crippen molar-refractivity contribution in [2.45, 2.75) is 13.5 Å². The van der Waals surface area contributed by atoms with Gasteiger partial charge in [-0.25, -0.2) is 0 Å². The molecule has 1 aromatic carbocycles. The minimum atomic E-state index is -3.02. The molecule has 0 spiro atoms. The molecule has 5 heteroatoms. The van der Waals surface area contributed by atoms with Crippen molar-refractivity contribution < 1.29 is 23.1 Å². The van der Waals surface area contributed by atoms with E-state index in [4.69, 9.17) is 0 Å². The molecule has 0 fully saturated rings. The molecule has 0 radical (unpaired) electrons. The predicted molar refractivity (Wildman–Crippen MR) is 48.5 cm³/mol. The summed E-state index contributed by atoms with van der Waals surface area (Å²) in [5.74, 6) is -0.768. The van der Waals surface area contributed by atoms with Crippen molar-refractivity contribution >= 4 is 12.1 Å². The second-order valence-corrected chi connectivity index (χ2v) is 2.77. The molecule has 0 bridgehead atoms. The Morgan fingerprint density at radius 3 is 2.60 bits per heavy atom. The zero-order valence-corrected chi connectivity index (χ0v) is 7.87. The molecule has 15 heavy (non-hydrogen) atoms. The average Bonchev–Trinajstić information content (AvgIpc) is 2.15. The summed E-state index contributed by atoms with van der Waals surface area (Å²) in [6.45, 7) is -1.84. The molecule has 0 aromatic heterocycles. The van der Waals surface area contributed by atoms with Gasteiger partial charge in [-0.05, 0) is 13.0 Å². The Morgan fingerprint density at radius 1 is 1.47 bits per heavy atom. The summed E-state index contributed by atoms with van der Waals surface area (Å²) in [5, 5.41) is 0. The Kier molecular flexibility index (Phi) is 3.49. The van der Waals surface area contributed by atoms with Crippen molar-refractivity contribution in [2.24, 2.45) is 0 Å². The smallest absolute Gasteiger partial charge is 0.387 e. The van der Waals surface area contributed by atoms with Crippen LogP contribution in [0.3, 0.4) is 0 Å². The van der Waals surface area contributed by atoms with E-state index in [0.717, 1.165) is 0 Å². The van der Waals surface area contributed by atoms with Gasteiger partial charge in [-0.3, -0.25) is 9.59 Å². The van der Waals surface area contributed by atoms with Gasteiger partial charge < -0.3 is 4.74 Å². The number of aldehydes is 1. The lowest BCUT2D eigenvalue weighted by atomic mass is 10.0. The van der Waals surface area contributed by atoms with Gasteiger partial charge in [0.15, 0.2) is 12.1 Å². The molecule has 0 aliphatic heterocycles. The number of Topliss-reactive ketones (excluding diaryl/α,β-unsaturated/α-hetero) is 1. The number of carbonyl (C=O) groups is 2. The molecule has 1 aromatic rings. The van der Waals surface area contributed by atoms with Crippen LogP contribution in [0, 0.1) is 0 Å². The van der Waals surface area contributed by atoms with Crippen LogP contribution in [0.5, 0.6) is 5.75 Å². The van der Waals surface area contributed by atoms with Crippen molar-refractivity contribution in [3.05, 3.63) is 29.3 Å². The third-order valence-electron chi connectivity index (χ3n) is 1.75. The molecular weight excluding hydrogens is 206 g/mol. The minimum Gasteiger partial charge on any atom is -0.434 e. The maximum atomic E-state index is 12.0. The SMILES string of the molecule is CC(=O)c1c(C=O)cccc1OC(F)F. The molecule has 0 unspecified atom stereocenters. The molecule has 0 saturated carbocycles. The highest BCUT2D eigenvalue weighted by Crippen LogP contribution is 2.23. The van der Waals surface area contributed by atoms with E-state index in [-0.39, 0.29) is 16.9 Å². The molecule has 0 atom stereocenters. The largest absolute Gasteiger partial charge is 0.434 e. The second kappa shape index (κ2) is 4.63. The van der Waals surface area contributed by atoms with Crippen LogP contribution in [0.1, 0.15) is 27.6 Å². The first-order valence-corrected chi connectivity index (χ1v) is 4.10. The van der Waals surface area contributed by atoms with Gasteiger partial charge in [-0.15, -0.1) is 0 Å². The second-order valence-electron chi connectivity index (χ2n) is 2.77.